The van der Waals surface area contributed by atoms with Gasteiger partial charge in [-0.2, -0.15) is 0 Å². The van der Waals surface area contributed by atoms with Crippen molar-refractivity contribution in [3.05, 3.63) is 0 Å². The number of esters is 1. The summed E-state index contributed by atoms with van der Waals surface area (Å²) in [6.07, 6.45) is 2.63. The minimum atomic E-state index is -0.0785. The first-order valence-corrected chi connectivity index (χ1v) is 5.74. The van der Waals surface area contributed by atoms with E-state index in [0.717, 1.165) is 12.8 Å². The van der Waals surface area contributed by atoms with E-state index in [2.05, 4.69) is 0 Å². The van der Waals surface area contributed by atoms with Crippen molar-refractivity contribution in [2.24, 2.45) is 11.8 Å². The van der Waals surface area contributed by atoms with Gasteiger partial charge in [0, 0.05) is 18.9 Å². The van der Waals surface area contributed by atoms with Crippen molar-refractivity contribution >= 4 is 5.97 Å². The second-order valence-electron chi connectivity index (χ2n) is 4.64. The quantitative estimate of drug-likeness (QED) is 0.643. The van der Waals surface area contributed by atoms with Gasteiger partial charge in [0.15, 0.2) is 6.29 Å². The fraction of sp³-hybridized carbons (Fsp3) is 0.909. The van der Waals surface area contributed by atoms with Crippen LogP contribution in [0.4, 0.5) is 0 Å². The predicted octanol–water partition coefficient (Wildman–Crippen LogP) is 1.09. The number of carbonyl (C=O) groups excluding carboxylic acids is 1. The molecular formula is C11H16O4. The average Bonchev–Trinajstić information content (AvgIpc) is 2.76. The Morgan fingerprint density at radius 3 is 3.00 bits per heavy atom. The van der Waals surface area contributed by atoms with Crippen molar-refractivity contribution < 1.29 is 19.0 Å². The molecule has 2 saturated heterocycles. The minimum absolute atomic E-state index is 0.00737. The van der Waals surface area contributed by atoms with Gasteiger partial charge < -0.3 is 14.2 Å². The van der Waals surface area contributed by atoms with E-state index in [9.17, 15) is 4.79 Å². The molecule has 0 aromatic carbocycles. The van der Waals surface area contributed by atoms with Crippen LogP contribution >= 0.6 is 0 Å². The summed E-state index contributed by atoms with van der Waals surface area (Å²) in [6.45, 7) is 2.65. The first-order valence-electron chi connectivity index (χ1n) is 5.74. The number of carbonyl (C=O) groups is 1. The Labute approximate surface area is 88.9 Å². The van der Waals surface area contributed by atoms with Crippen molar-refractivity contribution in [1.82, 2.24) is 0 Å². The Morgan fingerprint density at radius 2 is 2.20 bits per heavy atom. The Morgan fingerprint density at radius 1 is 1.33 bits per heavy atom. The summed E-state index contributed by atoms with van der Waals surface area (Å²) in [6, 6.07) is 0. The first kappa shape index (κ1) is 9.60. The molecule has 4 heteroatoms. The lowest BCUT2D eigenvalue weighted by Crippen LogP contribution is -2.28. The van der Waals surface area contributed by atoms with Gasteiger partial charge in [-0.05, 0) is 19.3 Å². The zero-order chi connectivity index (χ0) is 10.4. The minimum Gasteiger partial charge on any atom is -0.459 e. The van der Waals surface area contributed by atoms with Gasteiger partial charge in [-0.25, -0.2) is 0 Å². The first-order chi connectivity index (χ1) is 7.28. The SMILES string of the molecule is CCOC1C[C@@H]2C[C@@H]3CC(=O)O[C@@H]3[C@@H]2O1. The highest BCUT2D eigenvalue weighted by molar-refractivity contribution is 5.72. The number of hydrogen-bond acceptors (Lipinski definition) is 4. The van der Waals surface area contributed by atoms with Crippen molar-refractivity contribution in [3.8, 4) is 0 Å². The van der Waals surface area contributed by atoms with Crippen LogP contribution in [0.1, 0.15) is 26.2 Å². The maximum atomic E-state index is 11.1. The Balaban J connectivity index is 1.67. The normalized spacial score (nSPS) is 47.8. The van der Waals surface area contributed by atoms with E-state index in [1.807, 2.05) is 6.92 Å². The number of fused-ring (bicyclic) bond motifs is 3. The van der Waals surface area contributed by atoms with Crippen molar-refractivity contribution in [2.45, 2.75) is 44.7 Å². The molecule has 0 aromatic rings. The molecule has 3 fully saturated rings. The summed E-state index contributed by atoms with van der Waals surface area (Å²) in [5.74, 6) is 0.867. The predicted molar refractivity (Wildman–Crippen MR) is 51.0 cm³/mol. The maximum Gasteiger partial charge on any atom is 0.306 e. The van der Waals surface area contributed by atoms with E-state index in [0.29, 0.717) is 24.9 Å². The largest absolute Gasteiger partial charge is 0.459 e. The van der Waals surface area contributed by atoms with Crippen LogP contribution in [0.2, 0.25) is 0 Å². The second-order valence-corrected chi connectivity index (χ2v) is 4.64. The van der Waals surface area contributed by atoms with Crippen LogP contribution in [0.15, 0.2) is 0 Å². The molecule has 3 aliphatic rings. The lowest BCUT2D eigenvalue weighted by atomic mass is 10.0. The fourth-order valence-electron chi connectivity index (χ4n) is 3.16. The average molecular weight is 212 g/mol. The third-order valence-corrected chi connectivity index (χ3v) is 3.71. The molecule has 5 atom stereocenters. The van der Waals surface area contributed by atoms with Gasteiger partial charge in [0.25, 0.3) is 0 Å². The van der Waals surface area contributed by atoms with E-state index >= 15 is 0 Å². The van der Waals surface area contributed by atoms with Crippen LogP contribution in [-0.2, 0) is 19.0 Å². The van der Waals surface area contributed by atoms with Gasteiger partial charge >= 0.3 is 5.97 Å². The summed E-state index contributed by atoms with van der Waals surface area (Å²) in [7, 11) is 0. The topological polar surface area (TPSA) is 44.8 Å². The summed E-state index contributed by atoms with van der Waals surface area (Å²) in [4.78, 5) is 11.1. The molecule has 1 saturated carbocycles. The molecule has 0 bridgehead atoms. The highest BCUT2D eigenvalue weighted by Gasteiger charge is 2.55. The molecule has 0 spiro atoms. The maximum absolute atomic E-state index is 11.1. The van der Waals surface area contributed by atoms with Crippen LogP contribution < -0.4 is 0 Å². The van der Waals surface area contributed by atoms with E-state index in [1.54, 1.807) is 0 Å². The zero-order valence-electron chi connectivity index (χ0n) is 8.85. The summed E-state index contributed by atoms with van der Waals surface area (Å²) >= 11 is 0. The molecule has 84 valence electrons. The molecule has 0 aromatic heterocycles. The molecule has 2 heterocycles. The monoisotopic (exact) mass is 212 g/mol. The van der Waals surface area contributed by atoms with Gasteiger partial charge in [-0.3, -0.25) is 4.79 Å². The summed E-state index contributed by atoms with van der Waals surface area (Å²) < 4.78 is 16.5. The third-order valence-electron chi connectivity index (χ3n) is 3.71. The van der Waals surface area contributed by atoms with Crippen molar-refractivity contribution in [3.63, 3.8) is 0 Å². The van der Waals surface area contributed by atoms with Crippen LogP contribution in [-0.4, -0.2) is 31.1 Å². The van der Waals surface area contributed by atoms with Crippen LogP contribution in [0.3, 0.4) is 0 Å². The van der Waals surface area contributed by atoms with Crippen LogP contribution in [0.5, 0.6) is 0 Å². The lowest BCUT2D eigenvalue weighted by molar-refractivity contribution is -0.164. The molecule has 1 aliphatic carbocycles. The Bertz CT molecular complexity index is 278. The molecule has 1 unspecified atom stereocenters. The molecule has 3 rings (SSSR count). The molecular weight excluding hydrogens is 196 g/mol. The van der Waals surface area contributed by atoms with E-state index < -0.39 is 0 Å². The fourth-order valence-corrected chi connectivity index (χ4v) is 3.16. The van der Waals surface area contributed by atoms with E-state index in [4.69, 9.17) is 14.2 Å². The Hall–Kier alpha value is -0.610. The van der Waals surface area contributed by atoms with E-state index in [1.165, 1.54) is 0 Å². The van der Waals surface area contributed by atoms with Crippen LogP contribution in [0, 0.1) is 11.8 Å². The highest BCUT2D eigenvalue weighted by atomic mass is 16.7. The van der Waals surface area contributed by atoms with E-state index in [-0.39, 0.29) is 24.5 Å². The lowest BCUT2D eigenvalue weighted by Gasteiger charge is -2.18. The third kappa shape index (κ3) is 1.47. The Kier molecular flexibility index (Phi) is 2.21. The van der Waals surface area contributed by atoms with Gasteiger partial charge in [-0.15, -0.1) is 0 Å². The van der Waals surface area contributed by atoms with Gasteiger partial charge in [0.05, 0.1) is 6.42 Å². The van der Waals surface area contributed by atoms with Gasteiger partial charge in [-0.1, -0.05) is 0 Å². The second kappa shape index (κ2) is 3.46. The summed E-state index contributed by atoms with van der Waals surface area (Å²) in [5, 5.41) is 0. The molecule has 0 radical (unpaired) electrons. The standard InChI is InChI=1S/C11H16O4/c1-2-13-9-5-7-3-6-4-8(12)14-10(6)11(7)15-9/h6-7,9-11H,2-5H2,1H3/t6-,7+,9?,10+,11-/m1/s1. The zero-order valence-corrected chi connectivity index (χ0v) is 8.85. The number of ether oxygens (including phenoxy) is 3. The van der Waals surface area contributed by atoms with Crippen LogP contribution in [0.25, 0.3) is 0 Å². The molecule has 0 N–H and O–H groups in total. The van der Waals surface area contributed by atoms with Gasteiger partial charge in [0.2, 0.25) is 0 Å². The number of rotatable bonds is 2. The smallest absolute Gasteiger partial charge is 0.306 e. The number of hydrogen-bond donors (Lipinski definition) is 0. The molecule has 4 nitrogen and oxygen atoms in total. The summed E-state index contributed by atoms with van der Waals surface area (Å²) in [5.41, 5.74) is 0. The molecule has 15 heavy (non-hydrogen) atoms. The van der Waals surface area contributed by atoms with Crippen molar-refractivity contribution in [1.29, 1.82) is 0 Å². The molecule has 2 aliphatic heterocycles. The van der Waals surface area contributed by atoms with Gasteiger partial charge in [0.1, 0.15) is 12.2 Å². The van der Waals surface area contributed by atoms with Crippen molar-refractivity contribution in [2.75, 3.05) is 6.61 Å². The molecule has 0 amide bonds. The highest BCUT2D eigenvalue weighted by Crippen LogP contribution is 2.47.